The lowest BCUT2D eigenvalue weighted by molar-refractivity contribution is 1.13. The quantitative estimate of drug-likeness (QED) is 0.200. The van der Waals surface area contributed by atoms with E-state index in [9.17, 15) is 15.8 Å². The predicted octanol–water partition coefficient (Wildman–Crippen LogP) is 9.65. The Labute approximate surface area is 267 Å². The summed E-state index contributed by atoms with van der Waals surface area (Å²) in [7, 11) is 0. The van der Waals surface area contributed by atoms with Crippen LogP contribution in [0.5, 0.6) is 0 Å². The van der Waals surface area contributed by atoms with Gasteiger partial charge in [0.1, 0.15) is 0 Å². The van der Waals surface area contributed by atoms with Crippen molar-refractivity contribution < 1.29 is 0 Å². The highest BCUT2D eigenvalue weighted by atomic mass is 15.1. The molecule has 7 aromatic rings. The molecule has 0 fully saturated rings. The first-order valence-corrected chi connectivity index (χ1v) is 14.9. The second-order valence-corrected chi connectivity index (χ2v) is 11.4. The Kier molecular flexibility index (Phi) is 7.03. The zero-order valence-electron chi connectivity index (χ0n) is 25.4. The van der Waals surface area contributed by atoms with Gasteiger partial charge in [0.2, 0.25) is 0 Å². The molecular formula is C41H27N5. The van der Waals surface area contributed by atoms with Crippen LogP contribution in [0.3, 0.4) is 0 Å². The van der Waals surface area contributed by atoms with Gasteiger partial charge in [-0.05, 0) is 97.3 Å². The van der Waals surface area contributed by atoms with Crippen LogP contribution in [0.2, 0.25) is 0 Å². The van der Waals surface area contributed by atoms with E-state index in [1.165, 1.54) is 0 Å². The Morgan fingerprint density at radius 2 is 0.870 bits per heavy atom. The van der Waals surface area contributed by atoms with Gasteiger partial charge in [0.15, 0.2) is 0 Å². The molecule has 0 spiro atoms. The number of hydrogen-bond acceptors (Lipinski definition) is 3. The van der Waals surface area contributed by atoms with Gasteiger partial charge in [-0.1, -0.05) is 71.8 Å². The molecule has 0 amide bonds. The van der Waals surface area contributed by atoms with Crippen molar-refractivity contribution in [2.24, 2.45) is 0 Å². The Hall–Kier alpha value is -6.61. The highest BCUT2D eigenvalue weighted by Gasteiger charge is 2.27. The van der Waals surface area contributed by atoms with Crippen LogP contribution in [-0.4, -0.2) is 9.13 Å². The number of nitriles is 3. The van der Waals surface area contributed by atoms with Crippen LogP contribution in [0, 0.1) is 47.8 Å². The maximum absolute atomic E-state index is 9.61. The second kappa shape index (κ2) is 11.5. The van der Waals surface area contributed by atoms with Crippen LogP contribution in [0.15, 0.2) is 127 Å². The number of aromatic nitrogens is 2. The van der Waals surface area contributed by atoms with Crippen molar-refractivity contribution in [1.82, 2.24) is 9.13 Å². The Bertz CT molecular complexity index is 2310. The van der Waals surface area contributed by atoms with Gasteiger partial charge >= 0.3 is 0 Å². The zero-order chi connectivity index (χ0) is 31.8. The molecule has 0 unspecified atom stereocenters. The molecule has 216 valence electrons. The second-order valence-electron chi connectivity index (χ2n) is 11.4. The van der Waals surface area contributed by atoms with E-state index in [2.05, 4.69) is 95.8 Å². The van der Waals surface area contributed by atoms with Crippen LogP contribution in [0.1, 0.15) is 27.8 Å². The summed E-state index contributed by atoms with van der Waals surface area (Å²) < 4.78 is 4.59. The first-order chi connectivity index (χ1) is 22.5. The highest BCUT2D eigenvalue weighted by molar-refractivity contribution is 6.07. The molecule has 0 radical (unpaired) electrons. The molecule has 0 aliphatic rings. The van der Waals surface area contributed by atoms with Crippen molar-refractivity contribution in [2.45, 2.75) is 13.8 Å². The number of rotatable bonds is 5. The van der Waals surface area contributed by atoms with Gasteiger partial charge in [0.05, 0.1) is 57.3 Å². The number of benzene rings is 5. The molecule has 2 heterocycles. The van der Waals surface area contributed by atoms with Crippen LogP contribution in [0.25, 0.3) is 56.0 Å². The number of fused-ring (bicyclic) bond motifs is 1. The van der Waals surface area contributed by atoms with Gasteiger partial charge in [-0.25, -0.2) is 0 Å². The van der Waals surface area contributed by atoms with Crippen LogP contribution >= 0.6 is 0 Å². The topological polar surface area (TPSA) is 81.2 Å². The minimum Gasteiger partial charge on any atom is -0.307 e. The minimum atomic E-state index is 0.588. The summed E-state index contributed by atoms with van der Waals surface area (Å²) >= 11 is 0. The fourth-order valence-electron chi connectivity index (χ4n) is 6.07. The zero-order valence-corrected chi connectivity index (χ0v) is 25.4. The third-order valence-corrected chi connectivity index (χ3v) is 8.40. The summed E-state index contributed by atoms with van der Waals surface area (Å²) in [5.74, 6) is 0. The predicted molar refractivity (Wildman–Crippen MR) is 183 cm³/mol. The third kappa shape index (κ3) is 4.82. The molecule has 0 saturated heterocycles. The van der Waals surface area contributed by atoms with Crippen molar-refractivity contribution >= 4 is 11.0 Å². The molecule has 0 bridgehead atoms. The van der Waals surface area contributed by atoms with Crippen LogP contribution in [-0.2, 0) is 0 Å². The standard InChI is InChI=1S/C41H27N5/c1-27-3-19-35(20-4-27)45-37(32-13-7-29(24-42)8-14-32)23-38-41(45)39(33-15-9-30(25-43)10-16-33)40(34-17-11-31(26-44)12-18-34)46(38)36-21-5-28(2)6-22-36/h3-23H,1-2H3. The first-order valence-electron chi connectivity index (χ1n) is 14.9. The van der Waals surface area contributed by atoms with E-state index in [0.29, 0.717) is 16.7 Å². The van der Waals surface area contributed by atoms with Gasteiger partial charge in [-0.3, -0.25) is 0 Å². The van der Waals surface area contributed by atoms with E-state index in [1.54, 1.807) is 0 Å². The molecule has 0 aliphatic heterocycles. The van der Waals surface area contributed by atoms with Gasteiger partial charge < -0.3 is 9.13 Å². The molecule has 46 heavy (non-hydrogen) atoms. The summed E-state index contributed by atoms with van der Waals surface area (Å²) in [4.78, 5) is 0. The average molecular weight is 590 g/mol. The molecule has 5 nitrogen and oxygen atoms in total. The summed E-state index contributed by atoms with van der Waals surface area (Å²) in [6, 6.07) is 49.1. The van der Waals surface area contributed by atoms with Gasteiger partial charge in [-0.15, -0.1) is 0 Å². The summed E-state index contributed by atoms with van der Waals surface area (Å²) in [5.41, 5.74) is 14.0. The smallest absolute Gasteiger partial charge is 0.0991 e. The van der Waals surface area contributed by atoms with Crippen molar-refractivity contribution in [1.29, 1.82) is 15.8 Å². The molecule has 5 heteroatoms. The van der Waals surface area contributed by atoms with E-state index in [4.69, 9.17) is 0 Å². The average Bonchev–Trinajstić information content (AvgIpc) is 3.64. The molecular weight excluding hydrogens is 562 g/mol. The van der Waals surface area contributed by atoms with E-state index >= 15 is 0 Å². The maximum atomic E-state index is 9.61. The van der Waals surface area contributed by atoms with E-state index in [0.717, 1.165) is 67.2 Å². The SMILES string of the molecule is Cc1ccc(-n2c(-c3ccc(C#N)cc3)c(-c3ccc(C#N)cc3)c3c2cc(-c2ccc(C#N)cc2)n3-c2ccc(C)cc2)cc1. The lowest BCUT2D eigenvalue weighted by Crippen LogP contribution is -1.99. The molecule has 5 aromatic carbocycles. The van der Waals surface area contributed by atoms with Crippen molar-refractivity contribution in [3.8, 4) is 63.2 Å². The van der Waals surface area contributed by atoms with Crippen LogP contribution < -0.4 is 0 Å². The Balaban J connectivity index is 1.68. The van der Waals surface area contributed by atoms with Crippen molar-refractivity contribution in [3.05, 3.63) is 155 Å². The molecule has 7 rings (SSSR count). The van der Waals surface area contributed by atoms with E-state index < -0.39 is 0 Å². The van der Waals surface area contributed by atoms with Crippen molar-refractivity contribution in [2.75, 3.05) is 0 Å². The number of aryl methyl sites for hydroxylation is 2. The Morgan fingerprint density at radius 1 is 0.457 bits per heavy atom. The first kappa shape index (κ1) is 28.2. The van der Waals surface area contributed by atoms with E-state index in [-0.39, 0.29) is 0 Å². The molecule has 2 aromatic heterocycles. The number of nitrogens with zero attached hydrogens (tertiary/aromatic N) is 5. The van der Waals surface area contributed by atoms with Gasteiger partial charge in [0, 0.05) is 16.9 Å². The van der Waals surface area contributed by atoms with Gasteiger partial charge in [-0.2, -0.15) is 15.8 Å². The third-order valence-electron chi connectivity index (χ3n) is 8.40. The molecule has 0 N–H and O–H groups in total. The summed E-state index contributed by atoms with van der Waals surface area (Å²) in [5, 5.41) is 28.7. The van der Waals surface area contributed by atoms with Crippen LogP contribution in [0.4, 0.5) is 0 Å². The highest BCUT2D eigenvalue weighted by Crippen LogP contribution is 2.46. The van der Waals surface area contributed by atoms with E-state index in [1.807, 2.05) is 72.8 Å². The van der Waals surface area contributed by atoms with Crippen molar-refractivity contribution in [3.63, 3.8) is 0 Å². The minimum absolute atomic E-state index is 0.588. The lowest BCUT2D eigenvalue weighted by atomic mass is 9.98. The normalized spacial score (nSPS) is 10.8. The number of hydrogen-bond donors (Lipinski definition) is 0. The fraction of sp³-hybridized carbons (Fsp3) is 0.0488. The molecule has 0 atom stereocenters. The monoisotopic (exact) mass is 589 g/mol. The summed E-state index contributed by atoms with van der Waals surface area (Å²) in [6.07, 6.45) is 0. The van der Waals surface area contributed by atoms with Gasteiger partial charge in [0.25, 0.3) is 0 Å². The summed E-state index contributed by atoms with van der Waals surface area (Å²) in [6.45, 7) is 4.16. The lowest BCUT2D eigenvalue weighted by Gasteiger charge is -2.16. The maximum Gasteiger partial charge on any atom is 0.0991 e. The molecule has 0 saturated carbocycles. The fourth-order valence-corrected chi connectivity index (χ4v) is 6.07. The Morgan fingerprint density at radius 3 is 1.33 bits per heavy atom. The largest absolute Gasteiger partial charge is 0.307 e. The molecule has 0 aliphatic carbocycles.